The number of rotatable bonds is 4. The fourth-order valence-corrected chi connectivity index (χ4v) is 8.75. The van der Waals surface area contributed by atoms with Gasteiger partial charge in [-0.2, -0.15) is 0 Å². The summed E-state index contributed by atoms with van der Waals surface area (Å²) in [5.41, 5.74) is 8.23. The Bertz CT molecular complexity index is 502. The van der Waals surface area contributed by atoms with E-state index in [9.17, 15) is 0 Å². The van der Waals surface area contributed by atoms with Crippen molar-refractivity contribution in [3.63, 3.8) is 0 Å². The highest BCUT2D eigenvalue weighted by molar-refractivity contribution is 6.90. The largest absolute Gasteiger partial charge is 0.146 e. The molecule has 0 aliphatic heterocycles. The Morgan fingerprint density at radius 3 is 1.76 bits per heavy atom. The van der Waals surface area contributed by atoms with E-state index in [2.05, 4.69) is 96.3 Å². The lowest BCUT2D eigenvalue weighted by Gasteiger charge is -2.38. The first-order valence-corrected chi connectivity index (χ1v) is 10.3. The Hall–Kier alpha value is -1.26. The van der Waals surface area contributed by atoms with E-state index in [1.165, 1.54) is 5.56 Å². The van der Waals surface area contributed by atoms with Gasteiger partial charge in [0.2, 0.25) is 0 Å². The molecule has 0 aliphatic rings. The van der Waals surface area contributed by atoms with Gasteiger partial charge in [0.25, 0.3) is 0 Å². The summed E-state index contributed by atoms with van der Waals surface area (Å²) in [7, 11) is -1.64. The molecule has 21 heavy (non-hydrogen) atoms. The molecular formula is C20H30Si. The highest BCUT2D eigenvalue weighted by atomic mass is 28.3. The van der Waals surface area contributed by atoms with Crippen LogP contribution in [0.4, 0.5) is 0 Å². The maximum atomic E-state index is 3.80. The molecule has 0 radical (unpaired) electrons. The summed E-state index contributed by atoms with van der Waals surface area (Å²) in [6.07, 6.45) is 2.14. The summed E-state index contributed by atoms with van der Waals surface area (Å²) in [5, 5.41) is 0. The van der Waals surface area contributed by atoms with Crippen LogP contribution in [0.5, 0.6) is 0 Å². The standard InChI is InChI=1S/C20H30Si/c1-8-19(20-12-10-9-11-13-20)14-15-21(16(2)3,17(4)5)18(6)7/h8-13,16-18H,1-7H3/b19-8-. The second-order valence-corrected chi connectivity index (χ2v) is 12.3. The molecule has 0 aromatic heterocycles. The van der Waals surface area contributed by atoms with Crippen LogP contribution in [-0.4, -0.2) is 8.07 Å². The molecule has 1 rings (SSSR count). The van der Waals surface area contributed by atoms with Crippen LogP contribution in [0.3, 0.4) is 0 Å². The molecule has 0 atom stereocenters. The first kappa shape index (κ1) is 17.8. The molecule has 0 saturated heterocycles. The Labute approximate surface area is 132 Å². The van der Waals surface area contributed by atoms with Gasteiger partial charge in [0, 0.05) is 5.57 Å². The summed E-state index contributed by atoms with van der Waals surface area (Å²) in [6, 6.07) is 10.5. The molecule has 1 aromatic rings. The third kappa shape index (κ3) is 3.89. The van der Waals surface area contributed by atoms with Gasteiger partial charge in [-0.1, -0.05) is 83.9 Å². The number of hydrogen-bond donors (Lipinski definition) is 0. The van der Waals surface area contributed by atoms with E-state index in [1.807, 2.05) is 0 Å². The summed E-state index contributed by atoms with van der Waals surface area (Å²) in [4.78, 5) is 0. The van der Waals surface area contributed by atoms with Gasteiger partial charge in [-0.3, -0.25) is 0 Å². The molecule has 114 valence electrons. The van der Waals surface area contributed by atoms with Crippen LogP contribution in [0, 0.1) is 11.5 Å². The molecule has 0 saturated carbocycles. The SMILES string of the molecule is C/C=C(/C#C[Si](C(C)C)(C(C)C)C(C)C)c1ccccc1. The van der Waals surface area contributed by atoms with E-state index >= 15 is 0 Å². The summed E-state index contributed by atoms with van der Waals surface area (Å²) in [5.74, 6) is 3.54. The topological polar surface area (TPSA) is 0 Å². The van der Waals surface area contributed by atoms with Crippen molar-refractivity contribution in [3.05, 3.63) is 42.0 Å². The van der Waals surface area contributed by atoms with Gasteiger partial charge in [0.15, 0.2) is 0 Å². The molecule has 0 N–H and O–H groups in total. The Morgan fingerprint density at radius 1 is 0.905 bits per heavy atom. The maximum Gasteiger partial charge on any atom is 0.146 e. The fourth-order valence-electron chi connectivity index (χ4n) is 3.54. The molecule has 0 bridgehead atoms. The zero-order valence-corrected chi connectivity index (χ0v) is 15.7. The summed E-state index contributed by atoms with van der Waals surface area (Å²) in [6.45, 7) is 16.2. The summed E-state index contributed by atoms with van der Waals surface area (Å²) < 4.78 is 0. The normalized spacial score (nSPS) is 12.8. The van der Waals surface area contributed by atoms with Crippen LogP contribution >= 0.6 is 0 Å². The quantitative estimate of drug-likeness (QED) is 0.451. The fraction of sp³-hybridized carbons (Fsp3) is 0.500. The van der Waals surface area contributed by atoms with Gasteiger partial charge in [0.1, 0.15) is 8.07 Å². The van der Waals surface area contributed by atoms with Crippen LogP contribution in [0.2, 0.25) is 16.6 Å². The first-order chi connectivity index (χ1) is 9.86. The van der Waals surface area contributed by atoms with Crippen molar-refractivity contribution in [2.24, 2.45) is 0 Å². The van der Waals surface area contributed by atoms with E-state index in [4.69, 9.17) is 0 Å². The number of benzene rings is 1. The minimum absolute atomic E-state index is 0.680. The van der Waals surface area contributed by atoms with E-state index in [0.717, 1.165) is 5.57 Å². The van der Waals surface area contributed by atoms with Crippen molar-refractivity contribution in [1.29, 1.82) is 0 Å². The van der Waals surface area contributed by atoms with Gasteiger partial charge in [-0.25, -0.2) is 0 Å². The Morgan fingerprint density at radius 2 is 1.38 bits per heavy atom. The second kappa shape index (κ2) is 7.66. The van der Waals surface area contributed by atoms with Crippen molar-refractivity contribution in [1.82, 2.24) is 0 Å². The Balaban J connectivity index is 3.27. The van der Waals surface area contributed by atoms with Crippen molar-refractivity contribution >= 4 is 13.6 Å². The van der Waals surface area contributed by atoms with Gasteiger partial charge < -0.3 is 0 Å². The van der Waals surface area contributed by atoms with E-state index < -0.39 is 8.07 Å². The lowest BCUT2D eigenvalue weighted by Crippen LogP contribution is -2.43. The van der Waals surface area contributed by atoms with Crippen molar-refractivity contribution in [2.75, 3.05) is 0 Å². The van der Waals surface area contributed by atoms with Gasteiger partial charge in [-0.15, -0.1) is 5.54 Å². The smallest absolute Gasteiger partial charge is 0.125 e. The number of allylic oxidation sites excluding steroid dienone is 2. The van der Waals surface area contributed by atoms with Crippen molar-refractivity contribution in [2.45, 2.75) is 65.1 Å². The molecule has 0 aliphatic carbocycles. The Kier molecular flexibility index (Phi) is 6.49. The molecule has 0 unspecified atom stereocenters. The average Bonchev–Trinajstić information content (AvgIpc) is 2.43. The molecule has 0 nitrogen and oxygen atoms in total. The monoisotopic (exact) mass is 298 g/mol. The van der Waals surface area contributed by atoms with Crippen LogP contribution in [0.15, 0.2) is 36.4 Å². The average molecular weight is 299 g/mol. The predicted molar refractivity (Wildman–Crippen MR) is 98.9 cm³/mol. The third-order valence-corrected chi connectivity index (χ3v) is 10.9. The predicted octanol–water partition coefficient (Wildman–Crippen LogP) is 6.31. The highest BCUT2D eigenvalue weighted by Crippen LogP contribution is 2.40. The van der Waals surface area contributed by atoms with Crippen LogP contribution < -0.4 is 0 Å². The lowest BCUT2D eigenvalue weighted by molar-refractivity contribution is 0.838. The van der Waals surface area contributed by atoms with E-state index in [0.29, 0.717) is 16.6 Å². The lowest BCUT2D eigenvalue weighted by atomic mass is 10.1. The van der Waals surface area contributed by atoms with E-state index in [-0.39, 0.29) is 0 Å². The summed E-state index contributed by atoms with van der Waals surface area (Å²) >= 11 is 0. The molecule has 0 amide bonds. The van der Waals surface area contributed by atoms with Crippen molar-refractivity contribution < 1.29 is 0 Å². The second-order valence-electron chi connectivity index (χ2n) is 6.72. The first-order valence-electron chi connectivity index (χ1n) is 8.11. The van der Waals surface area contributed by atoms with Gasteiger partial charge in [0.05, 0.1) is 0 Å². The minimum atomic E-state index is -1.64. The molecular weight excluding hydrogens is 268 g/mol. The van der Waals surface area contributed by atoms with Gasteiger partial charge >= 0.3 is 0 Å². The minimum Gasteiger partial charge on any atom is -0.125 e. The molecule has 0 heterocycles. The van der Waals surface area contributed by atoms with E-state index in [1.54, 1.807) is 0 Å². The van der Waals surface area contributed by atoms with Crippen LogP contribution in [0.25, 0.3) is 5.57 Å². The molecule has 1 aromatic carbocycles. The number of hydrogen-bond acceptors (Lipinski definition) is 0. The van der Waals surface area contributed by atoms with Gasteiger partial charge in [-0.05, 0) is 29.1 Å². The zero-order valence-electron chi connectivity index (χ0n) is 14.7. The molecule has 0 fully saturated rings. The third-order valence-electron chi connectivity index (χ3n) is 4.65. The highest BCUT2D eigenvalue weighted by Gasteiger charge is 2.41. The molecule has 1 heteroatoms. The zero-order chi connectivity index (χ0) is 16.0. The maximum absolute atomic E-state index is 3.80. The van der Waals surface area contributed by atoms with Crippen molar-refractivity contribution in [3.8, 4) is 11.5 Å². The van der Waals surface area contributed by atoms with Crippen LogP contribution in [0.1, 0.15) is 54.0 Å². The van der Waals surface area contributed by atoms with Crippen LogP contribution in [-0.2, 0) is 0 Å². The molecule has 0 spiro atoms.